The second-order valence-electron chi connectivity index (χ2n) is 7.93. The van der Waals surface area contributed by atoms with E-state index in [1.54, 1.807) is 43.5 Å². The van der Waals surface area contributed by atoms with Crippen molar-refractivity contribution in [3.05, 3.63) is 82.4 Å². The number of carbonyl (C=O) groups excluding carboxylic acids is 1. The Morgan fingerprint density at radius 3 is 2.57 bits per heavy atom. The molecule has 35 heavy (non-hydrogen) atoms. The molecule has 0 saturated heterocycles. The summed E-state index contributed by atoms with van der Waals surface area (Å²) in [4.78, 5) is 24.2. The number of halogens is 2. The first-order chi connectivity index (χ1) is 16.9. The summed E-state index contributed by atoms with van der Waals surface area (Å²) >= 11 is 12.6. The molecule has 0 bridgehead atoms. The van der Waals surface area contributed by atoms with E-state index in [0.717, 1.165) is 15.7 Å². The number of carbonyl (C=O) groups is 2. The van der Waals surface area contributed by atoms with E-state index in [1.807, 2.05) is 24.3 Å². The van der Waals surface area contributed by atoms with Crippen LogP contribution in [0, 0.1) is 0 Å². The summed E-state index contributed by atoms with van der Waals surface area (Å²) in [6.07, 6.45) is 0.924. The molecule has 1 unspecified atom stereocenters. The van der Waals surface area contributed by atoms with Crippen LogP contribution in [0.3, 0.4) is 0 Å². The fourth-order valence-electron chi connectivity index (χ4n) is 3.89. The second kappa shape index (κ2) is 10.9. The highest BCUT2D eigenvalue weighted by Gasteiger charge is 2.29. The summed E-state index contributed by atoms with van der Waals surface area (Å²) in [7, 11) is 1.60. The van der Waals surface area contributed by atoms with E-state index in [1.165, 1.54) is 0 Å². The van der Waals surface area contributed by atoms with Crippen LogP contribution in [0.2, 0.25) is 5.02 Å². The summed E-state index contributed by atoms with van der Waals surface area (Å²) in [6, 6.07) is 17.2. The molecule has 1 amide bonds. The number of hydrogen-bond donors (Lipinski definition) is 1. The fraction of sp³-hybridized carbons (Fsp3) is 0.231. The topological polar surface area (TPSA) is 85.3 Å². The molecule has 1 N–H and O–H groups in total. The maximum absolute atomic E-state index is 12.7. The second-order valence-corrected chi connectivity index (χ2v) is 8.74. The van der Waals surface area contributed by atoms with Crippen molar-refractivity contribution < 1.29 is 28.9 Å². The molecule has 0 radical (unpaired) electrons. The smallest absolute Gasteiger partial charge is 0.311 e. The van der Waals surface area contributed by atoms with Crippen LogP contribution in [0.25, 0.3) is 0 Å². The number of carboxylic acids is 1. The van der Waals surface area contributed by atoms with Crippen LogP contribution in [-0.2, 0) is 11.2 Å². The van der Waals surface area contributed by atoms with E-state index in [4.69, 9.17) is 37.6 Å². The number of ether oxygens (including phenoxy) is 3. The number of rotatable bonds is 8. The molecule has 0 saturated carbocycles. The number of para-hydroxylation sites is 1. The number of aliphatic carboxylic acids is 1. The Kier molecular flexibility index (Phi) is 7.68. The Labute approximate surface area is 212 Å². The Morgan fingerprint density at radius 2 is 1.86 bits per heavy atom. The van der Waals surface area contributed by atoms with Crippen molar-refractivity contribution in [1.29, 1.82) is 0 Å². The molecule has 1 atom stereocenters. The molecule has 0 aromatic heterocycles. The van der Waals surface area contributed by atoms with Crippen LogP contribution in [0.15, 0.2) is 60.7 Å². The molecule has 3 aromatic carbocycles. The van der Waals surface area contributed by atoms with Gasteiger partial charge in [0.2, 0.25) is 0 Å². The van der Waals surface area contributed by atoms with Gasteiger partial charge in [-0.1, -0.05) is 29.8 Å². The number of methoxy groups -OCH3 is 1. The monoisotopic (exact) mass is 515 g/mol. The van der Waals surface area contributed by atoms with Gasteiger partial charge in [-0.05, 0) is 54.8 Å². The number of benzene rings is 3. The van der Waals surface area contributed by atoms with Gasteiger partial charge >= 0.3 is 5.97 Å². The van der Waals surface area contributed by atoms with Crippen LogP contribution in [0.5, 0.6) is 23.0 Å². The first-order valence-corrected chi connectivity index (χ1v) is 11.7. The van der Waals surface area contributed by atoms with E-state index in [0.29, 0.717) is 54.4 Å². The highest BCUT2D eigenvalue weighted by atomic mass is 35.5. The van der Waals surface area contributed by atoms with Crippen LogP contribution in [0.4, 0.5) is 0 Å². The first kappa shape index (κ1) is 24.7. The minimum atomic E-state index is -0.921. The molecule has 1 aliphatic rings. The third-order valence-electron chi connectivity index (χ3n) is 5.72. The Morgan fingerprint density at radius 1 is 1.11 bits per heavy atom. The van der Waals surface area contributed by atoms with Crippen LogP contribution in [-0.4, -0.2) is 41.7 Å². The lowest BCUT2D eigenvalue weighted by Gasteiger charge is -2.24. The maximum Gasteiger partial charge on any atom is 0.311 e. The predicted molar refractivity (Wildman–Crippen MR) is 132 cm³/mol. The summed E-state index contributed by atoms with van der Waals surface area (Å²) < 4.78 is 17.9. The molecule has 7 nitrogen and oxygen atoms in total. The van der Waals surface area contributed by atoms with Crippen LogP contribution >= 0.6 is 23.4 Å². The number of fused-ring (bicyclic) bond motifs is 1. The van der Waals surface area contributed by atoms with Gasteiger partial charge in [0.15, 0.2) is 0 Å². The van der Waals surface area contributed by atoms with Crippen molar-refractivity contribution >= 4 is 35.3 Å². The molecule has 1 aliphatic heterocycles. The van der Waals surface area contributed by atoms with E-state index in [9.17, 15) is 14.7 Å². The predicted octanol–water partition coefficient (Wildman–Crippen LogP) is 5.93. The summed E-state index contributed by atoms with van der Waals surface area (Å²) in [5, 5.41) is 9.70. The summed E-state index contributed by atoms with van der Waals surface area (Å²) in [6.45, 7) is 0.606. The van der Waals surface area contributed by atoms with Gasteiger partial charge in [0.1, 0.15) is 23.0 Å². The molecule has 182 valence electrons. The van der Waals surface area contributed by atoms with Gasteiger partial charge in [-0.2, -0.15) is 0 Å². The zero-order valence-electron chi connectivity index (χ0n) is 18.9. The highest BCUT2D eigenvalue weighted by Crippen LogP contribution is 2.41. The zero-order chi connectivity index (χ0) is 24.9. The van der Waals surface area contributed by atoms with Gasteiger partial charge < -0.3 is 19.3 Å². The minimum Gasteiger partial charge on any atom is -0.496 e. The number of amides is 1. The molecule has 0 fully saturated rings. The van der Waals surface area contributed by atoms with Gasteiger partial charge in [-0.25, -0.2) is 0 Å². The SMILES string of the molecule is COc1ccccc1CCN(Cl)C(=O)c1ccc(Oc2cc3c(cc2Cl)C(C(=O)O)CCO3)cc1. The van der Waals surface area contributed by atoms with E-state index >= 15 is 0 Å². The lowest BCUT2D eigenvalue weighted by atomic mass is 9.93. The first-order valence-electron chi connectivity index (χ1n) is 10.9. The van der Waals surface area contributed by atoms with Crippen molar-refractivity contribution in [3.8, 4) is 23.0 Å². The van der Waals surface area contributed by atoms with Crippen LogP contribution in [0.1, 0.15) is 33.8 Å². The molecular formula is C26H23Cl2NO6. The fourth-order valence-corrected chi connectivity index (χ4v) is 4.28. The van der Waals surface area contributed by atoms with Crippen molar-refractivity contribution in [3.63, 3.8) is 0 Å². The Hall–Kier alpha value is -3.42. The van der Waals surface area contributed by atoms with Crippen molar-refractivity contribution in [2.75, 3.05) is 20.3 Å². The van der Waals surface area contributed by atoms with Crippen molar-refractivity contribution in [1.82, 2.24) is 4.42 Å². The molecule has 4 rings (SSSR count). The molecular weight excluding hydrogens is 493 g/mol. The van der Waals surface area contributed by atoms with Gasteiger partial charge in [0.25, 0.3) is 5.91 Å². The average Bonchev–Trinajstić information content (AvgIpc) is 2.87. The average molecular weight is 516 g/mol. The molecule has 9 heteroatoms. The van der Waals surface area contributed by atoms with Crippen molar-refractivity contribution in [2.24, 2.45) is 0 Å². The Bertz CT molecular complexity index is 1230. The third kappa shape index (κ3) is 5.63. The van der Waals surface area contributed by atoms with E-state index in [-0.39, 0.29) is 10.9 Å². The quantitative estimate of drug-likeness (QED) is 0.374. The lowest BCUT2D eigenvalue weighted by Crippen LogP contribution is -2.24. The van der Waals surface area contributed by atoms with E-state index in [2.05, 4.69) is 0 Å². The standard InChI is InChI=1S/C26H23Cl2NO6/c1-33-22-5-3-2-4-16(22)10-12-29(28)25(30)17-6-8-18(9-7-17)35-24-15-23-20(14-21(24)27)19(26(31)32)11-13-34-23/h2-9,14-15,19H,10-13H2,1H3,(H,31,32). The number of carboxylic acid groups (broad SMARTS) is 1. The number of nitrogens with zero attached hydrogens (tertiary/aromatic N) is 1. The largest absolute Gasteiger partial charge is 0.496 e. The van der Waals surface area contributed by atoms with Crippen molar-refractivity contribution in [2.45, 2.75) is 18.8 Å². The van der Waals surface area contributed by atoms with Gasteiger partial charge in [-0.15, -0.1) is 0 Å². The molecule has 3 aromatic rings. The summed E-state index contributed by atoms with van der Waals surface area (Å²) in [5.41, 5.74) is 1.88. The van der Waals surface area contributed by atoms with Gasteiger partial charge in [0.05, 0.1) is 24.7 Å². The molecule has 0 aliphatic carbocycles. The molecule has 1 heterocycles. The van der Waals surface area contributed by atoms with Crippen LogP contribution < -0.4 is 14.2 Å². The number of hydrogen-bond acceptors (Lipinski definition) is 5. The third-order valence-corrected chi connectivity index (χ3v) is 6.34. The maximum atomic E-state index is 12.7. The lowest BCUT2D eigenvalue weighted by molar-refractivity contribution is -0.139. The summed E-state index contributed by atoms with van der Waals surface area (Å²) in [5.74, 6) is 0.0234. The molecule has 0 spiro atoms. The minimum absolute atomic E-state index is 0.268. The highest BCUT2D eigenvalue weighted by molar-refractivity contribution is 6.32. The van der Waals surface area contributed by atoms with Gasteiger partial charge in [-0.3, -0.25) is 14.0 Å². The normalized spacial score (nSPS) is 14.4. The van der Waals surface area contributed by atoms with E-state index < -0.39 is 11.9 Å². The Balaban J connectivity index is 1.42. The zero-order valence-corrected chi connectivity index (χ0v) is 20.4. The van der Waals surface area contributed by atoms with Gasteiger partial charge in [0, 0.05) is 35.5 Å².